The first-order valence-corrected chi connectivity index (χ1v) is 8.73. The Hall–Kier alpha value is -0.900. The number of rotatable bonds is 3. The van der Waals surface area contributed by atoms with Gasteiger partial charge >= 0.3 is 0 Å². The quantitative estimate of drug-likeness (QED) is 0.850. The van der Waals surface area contributed by atoms with E-state index in [-0.39, 0.29) is 15.6 Å². The van der Waals surface area contributed by atoms with E-state index in [0.29, 0.717) is 6.54 Å². The summed E-state index contributed by atoms with van der Waals surface area (Å²) in [7, 11) is 0. The zero-order chi connectivity index (χ0) is 14.5. The van der Waals surface area contributed by atoms with Crippen LogP contribution in [0.25, 0.3) is 0 Å². The van der Waals surface area contributed by atoms with Crippen molar-refractivity contribution in [3.05, 3.63) is 30.1 Å². The molecule has 2 atom stereocenters. The molecule has 0 radical (unpaired) electrons. The van der Waals surface area contributed by atoms with Crippen LogP contribution in [0.5, 0.6) is 0 Å². The molecule has 4 saturated carbocycles. The molecule has 1 aromatic heterocycles. The van der Waals surface area contributed by atoms with Crippen LogP contribution in [0.3, 0.4) is 0 Å². The molecule has 0 aromatic carbocycles. The van der Waals surface area contributed by atoms with E-state index in [4.69, 9.17) is 0 Å². The van der Waals surface area contributed by atoms with Crippen LogP contribution in [0, 0.1) is 17.3 Å². The number of pyridine rings is 1. The van der Waals surface area contributed by atoms with Gasteiger partial charge in [-0.1, -0.05) is 22.0 Å². The number of carbonyl (C=O) groups excluding carboxylic acids is 1. The predicted octanol–water partition coefficient (Wildman–Crippen LogP) is 3.43. The fourth-order valence-electron chi connectivity index (χ4n) is 5.28. The van der Waals surface area contributed by atoms with Crippen molar-refractivity contribution in [3.8, 4) is 0 Å². The number of nitrogens with one attached hydrogen (secondary N) is 1. The van der Waals surface area contributed by atoms with E-state index in [9.17, 15) is 4.79 Å². The van der Waals surface area contributed by atoms with Gasteiger partial charge in [-0.25, -0.2) is 0 Å². The van der Waals surface area contributed by atoms with E-state index in [1.807, 2.05) is 18.2 Å². The Morgan fingerprint density at radius 3 is 2.67 bits per heavy atom. The number of alkyl halides is 1. The van der Waals surface area contributed by atoms with Crippen molar-refractivity contribution in [3.63, 3.8) is 0 Å². The van der Waals surface area contributed by atoms with Crippen LogP contribution in [0.15, 0.2) is 24.4 Å². The number of amides is 1. The summed E-state index contributed by atoms with van der Waals surface area (Å²) in [6, 6.07) is 5.83. The van der Waals surface area contributed by atoms with E-state index in [0.717, 1.165) is 36.8 Å². The fourth-order valence-corrected chi connectivity index (χ4v) is 6.73. The van der Waals surface area contributed by atoms with Crippen LogP contribution in [-0.2, 0) is 11.3 Å². The van der Waals surface area contributed by atoms with Crippen molar-refractivity contribution in [1.29, 1.82) is 0 Å². The zero-order valence-corrected chi connectivity index (χ0v) is 13.7. The minimum absolute atomic E-state index is 0.123. The van der Waals surface area contributed by atoms with E-state index < -0.39 is 0 Å². The molecule has 1 amide bonds. The maximum atomic E-state index is 12.9. The van der Waals surface area contributed by atoms with Crippen molar-refractivity contribution in [2.45, 2.75) is 49.4 Å². The van der Waals surface area contributed by atoms with Crippen molar-refractivity contribution >= 4 is 21.8 Å². The van der Waals surface area contributed by atoms with Gasteiger partial charge in [0.25, 0.3) is 0 Å². The number of hydrogen-bond donors (Lipinski definition) is 1. The third kappa shape index (κ3) is 2.41. The highest BCUT2D eigenvalue weighted by Crippen LogP contribution is 2.64. The molecule has 4 aliphatic carbocycles. The maximum Gasteiger partial charge on any atom is 0.226 e. The Labute approximate surface area is 134 Å². The lowest BCUT2D eigenvalue weighted by atomic mass is 9.49. The van der Waals surface area contributed by atoms with Gasteiger partial charge in [0.05, 0.1) is 17.7 Å². The van der Waals surface area contributed by atoms with Crippen molar-refractivity contribution < 1.29 is 4.79 Å². The lowest BCUT2D eigenvalue weighted by molar-refractivity contribution is -0.144. The highest BCUT2D eigenvalue weighted by Gasteiger charge is 2.59. The summed E-state index contributed by atoms with van der Waals surface area (Å²) in [5.41, 5.74) is 0.812. The van der Waals surface area contributed by atoms with E-state index in [2.05, 4.69) is 26.2 Å². The molecule has 2 unspecified atom stereocenters. The third-order valence-corrected chi connectivity index (χ3v) is 6.56. The lowest BCUT2D eigenvalue weighted by Gasteiger charge is -2.59. The van der Waals surface area contributed by atoms with Crippen LogP contribution in [0.2, 0.25) is 0 Å². The van der Waals surface area contributed by atoms with Crippen LogP contribution in [0.1, 0.15) is 44.2 Å². The first-order chi connectivity index (χ1) is 10.1. The van der Waals surface area contributed by atoms with Gasteiger partial charge in [-0.05, 0) is 62.5 Å². The Morgan fingerprint density at radius 1 is 1.29 bits per heavy atom. The first kappa shape index (κ1) is 13.7. The highest BCUT2D eigenvalue weighted by molar-refractivity contribution is 9.10. The summed E-state index contributed by atoms with van der Waals surface area (Å²) < 4.78 is 0.236. The molecule has 112 valence electrons. The van der Waals surface area contributed by atoms with Crippen molar-refractivity contribution in [2.24, 2.45) is 17.3 Å². The second kappa shape index (κ2) is 4.80. The summed E-state index contributed by atoms with van der Waals surface area (Å²) in [6.45, 7) is 0.548. The molecule has 4 fully saturated rings. The summed E-state index contributed by atoms with van der Waals surface area (Å²) in [5, 5.41) is 3.15. The molecule has 4 heteroatoms. The maximum absolute atomic E-state index is 12.9. The second-order valence-electron chi connectivity index (χ2n) is 7.40. The number of aromatic nitrogens is 1. The molecule has 1 N–H and O–H groups in total. The van der Waals surface area contributed by atoms with Crippen LogP contribution in [0.4, 0.5) is 0 Å². The Balaban J connectivity index is 1.49. The smallest absolute Gasteiger partial charge is 0.226 e. The molecule has 4 aliphatic rings. The van der Waals surface area contributed by atoms with Crippen LogP contribution < -0.4 is 5.32 Å². The van der Waals surface area contributed by atoms with E-state index in [1.54, 1.807) is 6.20 Å². The van der Waals surface area contributed by atoms with Crippen LogP contribution >= 0.6 is 15.9 Å². The highest BCUT2D eigenvalue weighted by atomic mass is 79.9. The SMILES string of the molecule is O=C(NCc1ccccn1)C12CC3CC(CC(Br)(C3)C1)C2. The van der Waals surface area contributed by atoms with Gasteiger partial charge in [-0.3, -0.25) is 9.78 Å². The first-order valence-electron chi connectivity index (χ1n) is 7.94. The molecule has 5 rings (SSSR count). The molecular weight excluding hydrogens is 328 g/mol. The van der Waals surface area contributed by atoms with Crippen LogP contribution in [-0.4, -0.2) is 15.2 Å². The minimum Gasteiger partial charge on any atom is -0.350 e. The van der Waals surface area contributed by atoms with E-state index >= 15 is 0 Å². The third-order valence-electron chi connectivity index (χ3n) is 5.63. The van der Waals surface area contributed by atoms with Crippen molar-refractivity contribution in [1.82, 2.24) is 10.3 Å². The zero-order valence-electron chi connectivity index (χ0n) is 12.1. The summed E-state index contributed by atoms with van der Waals surface area (Å²) in [4.78, 5) is 17.1. The van der Waals surface area contributed by atoms with Gasteiger partial charge in [0.15, 0.2) is 0 Å². The molecule has 3 nitrogen and oxygen atoms in total. The Bertz CT molecular complexity index is 545. The normalized spacial score (nSPS) is 40.2. The van der Waals surface area contributed by atoms with Crippen molar-refractivity contribution in [2.75, 3.05) is 0 Å². The van der Waals surface area contributed by atoms with Gasteiger partial charge in [-0.15, -0.1) is 0 Å². The van der Waals surface area contributed by atoms with Gasteiger partial charge in [-0.2, -0.15) is 0 Å². The molecule has 21 heavy (non-hydrogen) atoms. The molecule has 0 saturated heterocycles. The molecule has 1 aromatic rings. The average Bonchev–Trinajstić information content (AvgIpc) is 2.43. The molecule has 0 aliphatic heterocycles. The van der Waals surface area contributed by atoms with E-state index in [1.165, 1.54) is 19.3 Å². The summed E-state index contributed by atoms with van der Waals surface area (Å²) in [6.07, 6.45) is 8.83. The monoisotopic (exact) mass is 348 g/mol. The number of nitrogens with zero attached hydrogens (tertiary/aromatic N) is 1. The predicted molar refractivity (Wildman–Crippen MR) is 84.9 cm³/mol. The standard InChI is InChI=1S/C17H21BrN2O/c18-17-8-12-5-13(9-17)7-16(6-12,11-17)15(21)20-10-14-3-1-2-4-19-14/h1-4,12-13H,5-11H2,(H,20,21). The van der Waals surface area contributed by atoms with Gasteiger partial charge < -0.3 is 5.32 Å². The Morgan fingerprint density at radius 2 is 2.05 bits per heavy atom. The average molecular weight is 349 g/mol. The second-order valence-corrected chi connectivity index (χ2v) is 9.08. The van der Waals surface area contributed by atoms with Gasteiger partial charge in [0.1, 0.15) is 0 Å². The number of halogens is 1. The molecular formula is C17H21BrN2O. The topological polar surface area (TPSA) is 42.0 Å². The Kier molecular flexibility index (Phi) is 3.14. The summed E-state index contributed by atoms with van der Waals surface area (Å²) >= 11 is 3.96. The van der Waals surface area contributed by atoms with Gasteiger partial charge in [0.2, 0.25) is 5.91 Å². The lowest BCUT2D eigenvalue weighted by Crippen LogP contribution is -2.58. The van der Waals surface area contributed by atoms with Gasteiger partial charge in [0, 0.05) is 10.5 Å². The molecule has 0 spiro atoms. The molecule has 1 heterocycles. The minimum atomic E-state index is -0.123. The molecule has 4 bridgehead atoms. The summed E-state index contributed by atoms with van der Waals surface area (Å²) in [5.74, 6) is 1.74. The largest absolute Gasteiger partial charge is 0.350 e. The number of carbonyl (C=O) groups is 1. The number of hydrogen-bond acceptors (Lipinski definition) is 2. The fraction of sp³-hybridized carbons (Fsp3) is 0.647.